The van der Waals surface area contributed by atoms with Crippen LogP contribution in [-0.4, -0.2) is 13.1 Å². The van der Waals surface area contributed by atoms with Crippen LogP contribution in [0, 0.1) is 12.8 Å². The van der Waals surface area contributed by atoms with Crippen LogP contribution < -0.4 is 5.32 Å². The molecule has 1 fully saturated rings. The number of piperidine rings is 1. The van der Waals surface area contributed by atoms with Crippen molar-refractivity contribution in [3.63, 3.8) is 0 Å². The summed E-state index contributed by atoms with van der Waals surface area (Å²) in [5, 5.41) is 3.35. The highest BCUT2D eigenvalue weighted by Gasteiger charge is 2.08. The Labute approximate surface area is 51.5 Å². The third-order valence-electron chi connectivity index (χ3n) is 1.81. The van der Waals surface area contributed by atoms with Crippen molar-refractivity contribution in [1.29, 1.82) is 0 Å². The second kappa shape index (κ2) is 3.08. The van der Waals surface area contributed by atoms with Gasteiger partial charge in [0, 0.05) is 0 Å². The molecular weight excluding hydrogens is 98.1 g/mol. The molecule has 0 spiro atoms. The maximum absolute atomic E-state index is 3.87. The molecule has 1 heterocycles. The molecule has 1 rings (SSSR count). The SMILES string of the molecule is [CH2]C[C@H]1CCCNC1. The third kappa shape index (κ3) is 1.48. The highest BCUT2D eigenvalue weighted by atomic mass is 14.9. The molecule has 0 unspecified atom stereocenters. The van der Waals surface area contributed by atoms with Crippen molar-refractivity contribution in [1.82, 2.24) is 5.32 Å². The van der Waals surface area contributed by atoms with Crippen LogP contribution in [0.1, 0.15) is 19.3 Å². The molecule has 1 N–H and O–H groups in total. The predicted molar refractivity (Wildman–Crippen MR) is 35.6 cm³/mol. The van der Waals surface area contributed by atoms with E-state index >= 15 is 0 Å². The number of hydrogen-bond acceptors (Lipinski definition) is 1. The Hall–Kier alpha value is -0.0400. The quantitative estimate of drug-likeness (QED) is 0.537. The van der Waals surface area contributed by atoms with E-state index in [4.69, 9.17) is 0 Å². The van der Waals surface area contributed by atoms with Gasteiger partial charge in [0.1, 0.15) is 0 Å². The molecule has 0 saturated carbocycles. The Morgan fingerprint density at radius 2 is 2.50 bits per heavy atom. The minimum Gasteiger partial charge on any atom is -0.316 e. The van der Waals surface area contributed by atoms with Crippen molar-refractivity contribution in [3.05, 3.63) is 6.92 Å². The summed E-state index contributed by atoms with van der Waals surface area (Å²) in [6.07, 6.45) is 3.84. The zero-order valence-corrected chi connectivity index (χ0v) is 5.32. The summed E-state index contributed by atoms with van der Waals surface area (Å²) in [5.74, 6) is 0.865. The van der Waals surface area contributed by atoms with Gasteiger partial charge < -0.3 is 5.32 Å². The van der Waals surface area contributed by atoms with Crippen LogP contribution in [0.15, 0.2) is 0 Å². The first-order chi connectivity index (χ1) is 3.93. The Balaban J connectivity index is 2.13. The van der Waals surface area contributed by atoms with Crippen LogP contribution in [0.3, 0.4) is 0 Å². The number of nitrogens with one attached hydrogen (secondary N) is 1. The average Bonchev–Trinajstić information content (AvgIpc) is 1.90. The lowest BCUT2D eigenvalue weighted by Crippen LogP contribution is -2.29. The van der Waals surface area contributed by atoms with E-state index in [0.717, 1.165) is 12.3 Å². The third-order valence-corrected chi connectivity index (χ3v) is 1.81. The summed E-state index contributed by atoms with van der Waals surface area (Å²) in [6.45, 7) is 6.29. The Kier molecular flexibility index (Phi) is 2.34. The van der Waals surface area contributed by atoms with E-state index in [-0.39, 0.29) is 0 Å². The molecule has 1 nitrogen and oxygen atoms in total. The van der Waals surface area contributed by atoms with Gasteiger partial charge in [-0.15, -0.1) is 0 Å². The maximum Gasteiger partial charge on any atom is -0.00205 e. The van der Waals surface area contributed by atoms with Gasteiger partial charge in [-0.1, -0.05) is 6.92 Å². The normalized spacial score (nSPS) is 30.4. The molecule has 1 aliphatic rings. The molecule has 1 saturated heterocycles. The van der Waals surface area contributed by atoms with Crippen molar-refractivity contribution in [3.8, 4) is 0 Å². The fourth-order valence-electron chi connectivity index (χ4n) is 1.17. The minimum absolute atomic E-state index is 0.865. The molecule has 1 heteroatoms. The Morgan fingerprint density at radius 1 is 1.62 bits per heavy atom. The van der Waals surface area contributed by atoms with Crippen molar-refractivity contribution in [2.75, 3.05) is 13.1 Å². The first-order valence-electron chi connectivity index (χ1n) is 3.43. The molecule has 1 aliphatic heterocycles. The average molecular weight is 112 g/mol. The van der Waals surface area contributed by atoms with Gasteiger partial charge in [0.25, 0.3) is 0 Å². The van der Waals surface area contributed by atoms with Gasteiger partial charge in [0.05, 0.1) is 0 Å². The summed E-state index contributed by atoms with van der Waals surface area (Å²) >= 11 is 0. The first-order valence-corrected chi connectivity index (χ1v) is 3.43. The Morgan fingerprint density at radius 3 is 2.88 bits per heavy atom. The van der Waals surface area contributed by atoms with E-state index in [2.05, 4.69) is 12.2 Å². The molecule has 0 aromatic heterocycles. The zero-order valence-electron chi connectivity index (χ0n) is 5.32. The fraction of sp³-hybridized carbons (Fsp3) is 0.857. The van der Waals surface area contributed by atoms with E-state index in [1.165, 1.54) is 25.9 Å². The summed E-state index contributed by atoms with van der Waals surface area (Å²) in [7, 11) is 0. The lowest BCUT2D eigenvalue weighted by atomic mass is 9.97. The monoisotopic (exact) mass is 112 g/mol. The highest BCUT2D eigenvalue weighted by Crippen LogP contribution is 2.11. The van der Waals surface area contributed by atoms with E-state index in [1.54, 1.807) is 0 Å². The first kappa shape index (κ1) is 6.09. The molecule has 8 heavy (non-hydrogen) atoms. The summed E-state index contributed by atoms with van der Waals surface area (Å²) in [4.78, 5) is 0. The van der Waals surface area contributed by atoms with Gasteiger partial charge in [-0.25, -0.2) is 0 Å². The van der Waals surface area contributed by atoms with Gasteiger partial charge >= 0.3 is 0 Å². The lowest BCUT2D eigenvalue weighted by Gasteiger charge is -2.20. The van der Waals surface area contributed by atoms with Crippen LogP contribution in [0.4, 0.5) is 0 Å². The maximum atomic E-state index is 3.87. The van der Waals surface area contributed by atoms with Gasteiger partial charge in [0.2, 0.25) is 0 Å². The molecule has 0 amide bonds. The lowest BCUT2D eigenvalue weighted by molar-refractivity contribution is 0.380. The molecule has 0 bridgehead atoms. The topological polar surface area (TPSA) is 12.0 Å². The molecule has 1 atom stereocenters. The van der Waals surface area contributed by atoms with Crippen LogP contribution in [0.2, 0.25) is 0 Å². The van der Waals surface area contributed by atoms with Crippen LogP contribution in [-0.2, 0) is 0 Å². The smallest absolute Gasteiger partial charge is 0.00205 e. The van der Waals surface area contributed by atoms with Crippen LogP contribution in [0.5, 0.6) is 0 Å². The molecule has 0 aromatic rings. The summed E-state index contributed by atoms with van der Waals surface area (Å²) < 4.78 is 0. The molecule has 0 aliphatic carbocycles. The van der Waals surface area contributed by atoms with Gasteiger partial charge in [-0.3, -0.25) is 0 Å². The van der Waals surface area contributed by atoms with Gasteiger partial charge in [-0.05, 0) is 38.3 Å². The molecule has 0 aromatic carbocycles. The van der Waals surface area contributed by atoms with Crippen molar-refractivity contribution >= 4 is 0 Å². The van der Waals surface area contributed by atoms with Gasteiger partial charge in [0.15, 0.2) is 0 Å². The molecule has 1 radical (unpaired) electrons. The largest absolute Gasteiger partial charge is 0.316 e. The van der Waals surface area contributed by atoms with Crippen LogP contribution in [0.25, 0.3) is 0 Å². The highest BCUT2D eigenvalue weighted by molar-refractivity contribution is 4.68. The second-order valence-electron chi connectivity index (χ2n) is 2.50. The predicted octanol–water partition coefficient (Wildman–Crippen LogP) is 1.21. The number of rotatable bonds is 1. The van der Waals surface area contributed by atoms with E-state index in [0.29, 0.717) is 0 Å². The standard InChI is InChI=1S/C7H14N/c1-2-7-4-3-5-8-6-7/h7-8H,1-6H2/t7-/m0/s1. The fourth-order valence-corrected chi connectivity index (χ4v) is 1.17. The van der Waals surface area contributed by atoms with Gasteiger partial charge in [-0.2, -0.15) is 0 Å². The van der Waals surface area contributed by atoms with Crippen molar-refractivity contribution < 1.29 is 0 Å². The summed E-state index contributed by atoms with van der Waals surface area (Å²) in [6, 6.07) is 0. The molecule has 47 valence electrons. The number of hydrogen-bond donors (Lipinski definition) is 1. The second-order valence-corrected chi connectivity index (χ2v) is 2.50. The zero-order chi connectivity index (χ0) is 5.82. The van der Waals surface area contributed by atoms with Crippen molar-refractivity contribution in [2.45, 2.75) is 19.3 Å². The van der Waals surface area contributed by atoms with Crippen molar-refractivity contribution in [2.24, 2.45) is 5.92 Å². The van der Waals surface area contributed by atoms with E-state index < -0.39 is 0 Å². The summed E-state index contributed by atoms with van der Waals surface area (Å²) in [5.41, 5.74) is 0. The van der Waals surface area contributed by atoms with E-state index in [9.17, 15) is 0 Å². The van der Waals surface area contributed by atoms with Crippen LogP contribution >= 0.6 is 0 Å². The van der Waals surface area contributed by atoms with E-state index in [1.807, 2.05) is 0 Å². The minimum atomic E-state index is 0.865. The molecular formula is C7H14N. The Bertz CT molecular complexity index is 55.4.